The molecule has 2 rings (SSSR count). The highest BCUT2D eigenvalue weighted by Crippen LogP contribution is 2.09. The number of hydrogen-bond donors (Lipinski definition) is 2. The molecular weight excluding hydrogens is 224 g/mol. The Kier molecular flexibility index (Phi) is 4.08. The number of hydrogen-bond acceptors (Lipinski definition) is 6. The summed E-state index contributed by atoms with van der Waals surface area (Å²) in [6.45, 7) is 3.98. The average Bonchev–Trinajstić information content (AvgIpc) is 2.65. The summed E-state index contributed by atoms with van der Waals surface area (Å²) in [7, 11) is 0. The molecular formula is C10H16N4O3. The molecule has 1 fully saturated rings. The van der Waals surface area contributed by atoms with Gasteiger partial charge in [-0.15, -0.1) is 0 Å². The quantitative estimate of drug-likeness (QED) is 0.420. The van der Waals surface area contributed by atoms with Gasteiger partial charge in [-0.2, -0.15) is 0 Å². The maximum atomic E-state index is 11.2. The third-order valence-electron chi connectivity index (χ3n) is 2.62. The lowest BCUT2D eigenvalue weighted by Crippen LogP contribution is -2.30. The summed E-state index contributed by atoms with van der Waals surface area (Å²) in [5, 5.41) is 3.65. The van der Waals surface area contributed by atoms with Crippen molar-refractivity contribution in [1.82, 2.24) is 15.5 Å². The normalized spacial score (nSPS) is 17.7. The zero-order chi connectivity index (χ0) is 12.1. The van der Waals surface area contributed by atoms with Crippen molar-refractivity contribution in [3.8, 4) is 0 Å². The van der Waals surface area contributed by atoms with Crippen LogP contribution in [0.2, 0.25) is 0 Å². The number of nitrogens with zero attached hydrogens (tertiary/aromatic N) is 2. The number of nitrogens with two attached hydrogens (primary N) is 1. The second-order valence-corrected chi connectivity index (χ2v) is 3.89. The topological polar surface area (TPSA) is 93.6 Å². The molecule has 1 aromatic rings. The van der Waals surface area contributed by atoms with Crippen LogP contribution in [-0.4, -0.2) is 42.3 Å². The van der Waals surface area contributed by atoms with E-state index in [1.54, 1.807) is 6.07 Å². The molecule has 1 aliphatic rings. The van der Waals surface area contributed by atoms with Gasteiger partial charge in [-0.25, -0.2) is 5.84 Å². The van der Waals surface area contributed by atoms with Crippen molar-refractivity contribution >= 4 is 5.91 Å². The van der Waals surface area contributed by atoms with Crippen LogP contribution in [0.25, 0.3) is 0 Å². The molecule has 0 unspecified atom stereocenters. The van der Waals surface area contributed by atoms with E-state index in [4.69, 9.17) is 15.1 Å². The van der Waals surface area contributed by atoms with Gasteiger partial charge in [0.1, 0.15) is 0 Å². The molecule has 7 heteroatoms. The van der Waals surface area contributed by atoms with Crippen LogP contribution in [0, 0.1) is 0 Å². The largest absolute Gasteiger partial charge is 0.380 e. The number of carbonyl (C=O) groups excluding carboxylic acids is 1. The van der Waals surface area contributed by atoms with E-state index in [2.05, 4.69) is 10.1 Å². The summed E-state index contributed by atoms with van der Waals surface area (Å²) in [6, 6.07) is 1.61. The van der Waals surface area contributed by atoms with E-state index in [0.29, 0.717) is 12.3 Å². The number of amides is 1. The van der Waals surface area contributed by atoms with Crippen LogP contribution in [0.3, 0.4) is 0 Å². The predicted molar refractivity (Wildman–Crippen MR) is 58.9 cm³/mol. The summed E-state index contributed by atoms with van der Waals surface area (Å²) in [6.07, 6.45) is 1.00. The summed E-state index contributed by atoms with van der Waals surface area (Å²) < 4.78 is 10.4. The third-order valence-corrected chi connectivity index (χ3v) is 2.62. The zero-order valence-electron chi connectivity index (χ0n) is 9.52. The zero-order valence-corrected chi connectivity index (χ0v) is 9.52. The van der Waals surface area contributed by atoms with Crippen LogP contribution in [0.5, 0.6) is 0 Å². The fourth-order valence-corrected chi connectivity index (χ4v) is 1.74. The van der Waals surface area contributed by atoms with E-state index in [-0.39, 0.29) is 5.69 Å². The molecule has 17 heavy (non-hydrogen) atoms. The number of hydrazine groups is 1. The Morgan fingerprint density at radius 3 is 3.24 bits per heavy atom. The van der Waals surface area contributed by atoms with E-state index in [1.807, 2.05) is 5.43 Å². The minimum atomic E-state index is -0.445. The Bertz CT molecular complexity index is 371. The molecule has 0 spiro atoms. The summed E-state index contributed by atoms with van der Waals surface area (Å²) in [4.78, 5) is 13.4. The highest BCUT2D eigenvalue weighted by atomic mass is 16.5. The van der Waals surface area contributed by atoms with Gasteiger partial charge in [-0.05, 0) is 6.42 Å². The van der Waals surface area contributed by atoms with Gasteiger partial charge in [0.15, 0.2) is 11.5 Å². The number of ether oxygens (including phenoxy) is 1. The van der Waals surface area contributed by atoms with Crippen molar-refractivity contribution in [1.29, 1.82) is 0 Å². The van der Waals surface area contributed by atoms with Crippen molar-refractivity contribution in [3.05, 3.63) is 17.5 Å². The first-order chi connectivity index (χ1) is 8.29. The van der Waals surface area contributed by atoms with Crippen molar-refractivity contribution in [2.75, 3.05) is 26.3 Å². The van der Waals surface area contributed by atoms with E-state index in [0.717, 1.165) is 32.7 Å². The fraction of sp³-hybridized carbons (Fsp3) is 0.600. The smallest absolute Gasteiger partial charge is 0.287 e. The highest BCUT2D eigenvalue weighted by Gasteiger charge is 2.15. The van der Waals surface area contributed by atoms with Crippen LogP contribution in [-0.2, 0) is 11.3 Å². The third kappa shape index (κ3) is 3.26. The summed E-state index contributed by atoms with van der Waals surface area (Å²) in [5.74, 6) is 5.22. The number of carbonyl (C=O) groups is 1. The number of aromatic nitrogens is 1. The first-order valence-electron chi connectivity index (χ1n) is 5.56. The Labute approximate surface area is 98.8 Å². The second-order valence-electron chi connectivity index (χ2n) is 3.89. The van der Waals surface area contributed by atoms with Gasteiger partial charge in [0.05, 0.1) is 13.2 Å². The maximum absolute atomic E-state index is 11.2. The van der Waals surface area contributed by atoms with Gasteiger partial charge in [0.25, 0.3) is 5.91 Å². The molecule has 1 aromatic heterocycles. The van der Waals surface area contributed by atoms with Crippen molar-refractivity contribution in [2.24, 2.45) is 5.84 Å². The van der Waals surface area contributed by atoms with E-state index < -0.39 is 5.91 Å². The fourth-order valence-electron chi connectivity index (χ4n) is 1.74. The van der Waals surface area contributed by atoms with Crippen molar-refractivity contribution in [3.63, 3.8) is 0 Å². The van der Waals surface area contributed by atoms with Gasteiger partial charge >= 0.3 is 0 Å². The first-order valence-corrected chi connectivity index (χ1v) is 5.56. The maximum Gasteiger partial charge on any atom is 0.287 e. The standard InChI is InChI=1S/C10H16N4O3/c11-12-10(15)9-6-8(17-13-9)7-14-2-1-4-16-5-3-14/h6H,1-5,7,11H2,(H,12,15). The van der Waals surface area contributed by atoms with Gasteiger partial charge < -0.3 is 9.26 Å². The van der Waals surface area contributed by atoms with Crippen LogP contribution < -0.4 is 11.3 Å². The number of rotatable bonds is 3. The molecule has 0 radical (unpaired) electrons. The van der Waals surface area contributed by atoms with Crippen LogP contribution in [0.4, 0.5) is 0 Å². The monoisotopic (exact) mass is 240 g/mol. The first kappa shape index (κ1) is 12.0. The summed E-state index contributed by atoms with van der Waals surface area (Å²) in [5.41, 5.74) is 2.22. The molecule has 0 saturated carbocycles. The molecule has 3 N–H and O–H groups in total. The molecule has 1 aliphatic heterocycles. The molecule has 2 heterocycles. The number of nitrogen functional groups attached to an aromatic ring is 1. The van der Waals surface area contributed by atoms with E-state index in [9.17, 15) is 4.79 Å². The molecule has 7 nitrogen and oxygen atoms in total. The Hall–Kier alpha value is -1.44. The second kappa shape index (κ2) is 5.76. The van der Waals surface area contributed by atoms with E-state index >= 15 is 0 Å². The van der Waals surface area contributed by atoms with Crippen molar-refractivity contribution < 1.29 is 14.1 Å². The lowest BCUT2D eigenvalue weighted by atomic mass is 10.3. The van der Waals surface area contributed by atoms with Gasteiger partial charge in [0.2, 0.25) is 0 Å². The Morgan fingerprint density at radius 1 is 1.53 bits per heavy atom. The Morgan fingerprint density at radius 2 is 2.41 bits per heavy atom. The van der Waals surface area contributed by atoms with E-state index in [1.165, 1.54) is 0 Å². The van der Waals surface area contributed by atoms with Gasteiger partial charge in [0, 0.05) is 25.8 Å². The molecule has 0 aliphatic carbocycles. The Balaban J connectivity index is 1.93. The lowest BCUT2D eigenvalue weighted by Gasteiger charge is -2.16. The highest BCUT2D eigenvalue weighted by molar-refractivity contribution is 5.91. The SMILES string of the molecule is NNC(=O)c1cc(CN2CCCOCC2)on1. The van der Waals surface area contributed by atoms with Crippen LogP contribution >= 0.6 is 0 Å². The molecule has 0 atom stereocenters. The minimum absolute atomic E-state index is 0.202. The summed E-state index contributed by atoms with van der Waals surface area (Å²) >= 11 is 0. The lowest BCUT2D eigenvalue weighted by molar-refractivity contribution is 0.0944. The molecule has 0 aromatic carbocycles. The number of nitrogens with one attached hydrogen (secondary N) is 1. The molecule has 1 amide bonds. The average molecular weight is 240 g/mol. The molecule has 0 bridgehead atoms. The van der Waals surface area contributed by atoms with Gasteiger partial charge in [-0.1, -0.05) is 5.16 Å². The van der Waals surface area contributed by atoms with Crippen LogP contribution in [0.1, 0.15) is 22.7 Å². The van der Waals surface area contributed by atoms with Gasteiger partial charge in [-0.3, -0.25) is 15.1 Å². The molecule has 1 saturated heterocycles. The molecule has 94 valence electrons. The van der Waals surface area contributed by atoms with Crippen LogP contribution in [0.15, 0.2) is 10.6 Å². The predicted octanol–water partition coefficient (Wildman–Crippen LogP) is -0.500. The van der Waals surface area contributed by atoms with Crippen molar-refractivity contribution in [2.45, 2.75) is 13.0 Å². The minimum Gasteiger partial charge on any atom is -0.380 e.